The van der Waals surface area contributed by atoms with Crippen LogP contribution in [-0.4, -0.2) is 40.8 Å². The van der Waals surface area contributed by atoms with E-state index in [1.165, 1.54) is 0 Å². The Hall–Kier alpha value is -0.540. The van der Waals surface area contributed by atoms with E-state index in [2.05, 4.69) is 5.73 Å². The number of nitrogens with two attached hydrogens (primary N) is 1. The lowest BCUT2D eigenvalue weighted by atomic mass is 9.94. The average molecular weight is 241 g/mol. The minimum Gasteiger partial charge on any atom is -0.392 e. The van der Waals surface area contributed by atoms with Gasteiger partial charge in [-0.25, -0.2) is 0 Å². The molecule has 0 bridgehead atoms. The molecule has 0 aliphatic rings. The summed E-state index contributed by atoms with van der Waals surface area (Å²) in [6.45, 7) is -0.811. The molecule has 4 N–H and O–H groups in total. The van der Waals surface area contributed by atoms with E-state index in [4.69, 9.17) is 10.2 Å². The summed E-state index contributed by atoms with van der Waals surface area (Å²) in [5.41, 5.74) is -0.262. The zero-order valence-corrected chi connectivity index (χ0v) is 7.23. The number of hydrogen-bond acceptors (Lipinski definition) is 3. The Balaban J connectivity index is 5.06. The van der Waals surface area contributed by atoms with Crippen LogP contribution in [0.4, 0.5) is 26.3 Å². The van der Waals surface area contributed by atoms with E-state index >= 15 is 0 Å². The standard InChI is InChI=1S/C6H9F6NO2/c7-5(8,9)4(15,6(10,11)12)1-3(14)2-13/h3,14-15H,1-2,13H2. The quantitative estimate of drug-likeness (QED) is 0.632. The molecule has 0 heterocycles. The third kappa shape index (κ3) is 2.95. The van der Waals surface area contributed by atoms with Crippen LogP contribution in [0.1, 0.15) is 6.42 Å². The van der Waals surface area contributed by atoms with Gasteiger partial charge < -0.3 is 15.9 Å². The summed E-state index contributed by atoms with van der Waals surface area (Å²) >= 11 is 0. The van der Waals surface area contributed by atoms with Crippen LogP contribution >= 0.6 is 0 Å². The van der Waals surface area contributed by atoms with Crippen molar-refractivity contribution in [1.29, 1.82) is 0 Å². The number of aliphatic hydroxyl groups excluding tert-OH is 1. The second kappa shape index (κ2) is 4.14. The molecule has 0 rings (SSSR count). The van der Waals surface area contributed by atoms with Crippen LogP contribution in [0.25, 0.3) is 0 Å². The van der Waals surface area contributed by atoms with Crippen LogP contribution in [0.5, 0.6) is 0 Å². The van der Waals surface area contributed by atoms with Crippen molar-refractivity contribution >= 4 is 0 Å². The maximum absolute atomic E-state index is 12.0. The van der Waals surface area contributed by atoms with Gasteiger partial charge in [-0.15, -0.1) is 0 Å². The Labute approximate surface area is 80.5 Å². The topological polar surface area (TPSA) is 66.5 Å². The fourth-order valence-corrected chi connectivity index (χ4v) is 0.817. The molecular formula is C6H9F6NO2. The van der Waals surface area contributed by atoms with Crippen LogP contribution in [-0.2, 0) is 0 Å². The maximum Gasteiger partial charge on any atom is 0.426 e. The molecule has 3 nitrogen and oxygen atoms in total. The highest BCUT2D eigenvalue weighted by molar-refractivity contribution is 4.95. The summed E-state index contributed by atoms with van der Waals surface area (Å²) in [4.78, 5) is 0. The van der Waals surface area contributed by atoms with Gasteiger partial charge in [0.05, 0.1) is 6.10 Å². The number of hydrogen-bond donors (Lipinski definition) is 3. The van der Waals surface area contributed by atoms with Crippen molar-refractivity contribution in [3.8, 4) is 0 Å². The summed E-state index contributed by atoms with van der Waals surface area (Å²) in [7, 11) is 0. The summed E-state index contributed by atoms with van der Waals surface area (Å²) in [6, 6.07) is 0. The van der Waals surface area contributed by atoms with Gasteiger partial charge in [0.2, 0.25) is 0 Å². The lowest BCUT2D eigenvalue weighted by Gasteiger charge is -2.33. The second-order valence-corrected chi connectivity index (χ2v) is 2.95. The SMILES string of the molecule is NCC(O)CC(O)(C(F)(F)F)C(F)(F)F. The summed E-state index contributed by atoms with van der Waals surface area (Å²) in [5.74, 6) is 0. The molecule has 0 spiro atoms. The molecule has 15 heavy (non-hydrogen) atoms. The van der Waals surface area contributed by atoms with Crippen LogP contribution < -0.4 is 5.73 Å². The molecule has 0 aliphatic carbocycles. The first-order valence-corrected chi connectivity index (χ1v) is 3.69. The molecule has 0 saturated carbocycles. The molecule has 0 saturated heterocycles. The van der Waals surface area contributed by atoms with E-state index < -0.39 is 37.0 Å². The van der Waals surface area contributed by atoms with Crippen LogP contribution in [0.15, 0.2) is 0 Å². The zero-order chi connectivity index (χ0) is 12.5. The van der Waals surface area contributed by atoms with E-state index in [9.17, 15) is 26.3 Å². The summed E-state index contributed by atoms with van der Waals surface area (Å²) < 4.78 is 71.9. The van der Waals surface area contributed by atoms with Gasteiger partial charge in [0.1, 0.15) is 0 Å². The Morgan fingerprint density at radius 2 is 1.33 bits per heavy atom. The molecule has 0 aromatic carbocycles. The van der Waals surface area contributed by atoms with Gasteiger partial charge >= 0.3 is 12.4 Å². The molecular weight excluding hydrogens is 232 g/mol. The normalized spacial score (nSPS) is 16.6. The monoisotopic (exact) mass is 241 g/mol. The Kier molecular flexibility index (Phi) is 3.99. The van der Waals surface area contributed by atoms with E-state index in [0.717, 1.165) is 0 Å². The molecule has 0 fully saturated rings. The van der Waals surface area contributed by atoms with E-state index in [0.29, 0.717) is 0 Å². The molecule has 0 amide bonds. The van der Waals surface area contributed by atoms with E-state index in [1.807, 2.05) is 0 Å². The molecule has 0 aromatic rings. The Morgan fingerprint density at radius 3 is 1.53 bits per heavy atom. The summed E-state index contributed by atoms with van der Waals surface area (Å²) in [6.07, 6.45) is -15.8. The number of rotatable bonds is 3. The van der Waals surface area contributed by atoms with Crippen LogP contribution in [0.2, 0.25) is 0 Å². The Bertz CT molecular complexity index is 199. The van der Waals surface area contributed by atoms with Crippen molar-refractivity contribution in [2.24, 2.45) is 5.73 Å². The maximum atomic E-state index is 12.0. The van der Waals surface area contributed by atoms with Crippen molar-refractivity contribution in [1.82, 2.24) is 0 Å². The van der Waals surface area contributed by atoms with Crippen molar-refractivity contribution in [2.75, 3.05) is 6.54 Å². The van der Waals surface area contributed by atoms with Crippen molar-refractivity contribution < 1.29 is 36.6 Å². The van der Waals surface area contributed by atoms with Crippen molar-refractivity contribution in [2.45, 2.75) is 30.5 Å². The van der Waals surface area contributed by atoms with Crippen molar-refractivity contribution in [3.05, 3.63) is 0 Å². The van der Waals surface area contributed by atoms with E-state index in [-0.39, 0.29) is 0 Å². The first kappa shape index (κ1) is 14.5. The molecule has 0 aliphatic heterocycles. The largest absolute Gasteiger partial charge is 0.426 e. The van der Waals surface area contributed by atoms with Crippen molar-refractivity contribution in [3.63, 3.8) is 0 Å². The van der Waals surface area contributed by atoms with Crippen LogP contribution in [0.3, 0.4) is 0 Å². The van der Waals surface area contributed by atoms with Gasteiger partial charge in [-0.3, -0.25) is 0 Å². The van der Waals surface area contributed by atoms with E-state index in [1.54, 1.807) is 0 Å². The highest BCUT2D eigenvalue weighted by Crippen LogP contribution is 2.45. The molecule has 9 heteroatoms. The molecule has 1 atom stereocenters. The van der Waals surface area contributed by atoms with Gasteiger partial charge in [-0.2, -0.15) is 26.3 Å². The minimum absolute atomic E-state index is 0.811. The molecule has 92 valence electrons. The fourth-order valence-electron chi connectivity index (χ4n) is 0.817. The highest BCUT2D eigenvalue weighted by Gasteiger charge is 2.70. The second-order valence-electron chi connectivity index (χ2n) is 2.95. The smallest absolute Gasteiger partial charge is 0.392 e. The summed E-state index contributed by atoms with van der Waals surface area (Å²) in [5, 5.41) is 17.2. The zero-order valence-electron chi connectivity index (χ0n) is 7.23. The van der Waals surface area contributed by atoms with Crippen LogP contribution in [0, 0.1) is 0 Å². The fraction of sp³-hybridized carbons (Fsp3) is 1.00. The third-order valence-electron chi connectivity index (χ3n) is 1.74. The molecule has 1 unspecified atom stereocenters. The predicted molar refractivity (Wildman–Crippen MR) is 36.7 cm³/mol. The molecule has 0 aromatic heterocycles. The Morgan fingerprint density at radius 1 is 1.00 bits per heavy atom. The lowest BCUT2D eigenvalue weighted by Crippen LogP contribution is -2.58. The number of alkyl halides is 6. The number of halogens is 6. The van der Waals surface area contributed by atoms with Gasteiger partial charge in [-0.1, -0.05) is 0 Å². The molecule has 0 radical (unpaired) electrons. The van der Waals surface area contributed by atoms with Gasteiger partial charge in [-0.05, 0) is 0 Å². The predicted octanol–water partition coefficient (Wildman–Crippen LogP) is 0.552. The number of aliphatic hydroxyl groups is 2. The van der Waals surface area contributed by atoms with Gasteiger partial charge in [0, 0.05) is 13.0 Å². The van der Waals surface area contributed by atoms with Gasteiger partial charge in [0.15, 0.2) is 0 Å². The first-order valence-electron chi connectivity index (χ1n) is 3.69. The average Bonchev–Trinajstić information content (AvgIpc) is 1.99. The minimum atomic E-state index is -5.92. The third-order valence-corrected chi connectivity index (χ3v) is 1.74. The lowest BCUT2D eigenvalue weighted by molar-refractivity contribution is -0.373. The van der Waals surface area contributed by atoms with Gasteiger partial charge in [0.25, 0.3) is 5.60 Å². The highest BCUT2D eigenvalue weighted by atomic mass is 19.4. The first-order chi connectivity index (χ1) is 6.45.